The number of hydrogen-bond donors (Lipinski definition) is 1. The molecule has 1 atom stereocenters. The Morgan fingerprint density at radius 2 is 1.83 bits per heavy atom. The largest absolute Gasteiger partial charge is 0.485 e. The topological polar surface area (TPSA) is 60.5 Å². The summed E-state index contributed by atoms with van der Waals surface area (Å²) in [5.74, 6) is 0.966. The van der Waals surface area contributed by atoms with Crippen LogP contribution >= 0.6 is 11.3 Å². The average molecular weight is 338 g/mol. The number of rotatable bonds is 3. The second-order valence-corrected chi connectivity index (χ2v) is 6.12. The molecule has 0 spiro atoms. The van der Waals surface area contributed by atoms with Crippen LogP contribution < -0.4 is 14.8 Å². The third-order valence-electron chi connectivity index (χ3n) is 3.60. The lowest BCUT2D eigenvalue weighted by atomic mass is 10.2. The Kier molecular flexibility index (Phi) is 3.88. The van der Waals surface area contributed by atoms with Crippen molar-refractivity contribution in [3.05, 3.63) is 60.0 Å². The Balaban J connectivity index is 1.45. The normalized spacial score (nSPS) is 15.8. The summed E-state index contributed by atoms with van der Waals surface area (Å²) in [6.07, 6.45) is -0.691. The number of nitrogens with zero attached hydrogens (tertiary/aromatic N) is 1. The van der Waals surface area contributed by atoms with Crippen LogP contribution in [0.25, 0.3) is 11.3 Å². The predicted molar refractivity (Wildman–Crippen MR) is 92.5 cm³/mol. The molecule has 5 nitrogen and oxygen atoms in total. The van der Waals surface area contributed by atoms with Gasteiger partial charge in [0, 0.05) is 10.9 Å². The van der Waals surface area contributed by atoms with Crippen LogP contribution in [0.3, 0.4) is 0 Å². The lowest BCUT2D eigenvalue weighted by molar-refractivity contribution is -0.125. The summed E-state index contributed by atoms with van der Waals surface area (Å²) in [4.78, 5) is 16.8. The summed E-state index contributed by atoms with van der Waals surface area (Å²) in [7, 11) is 0. The van der Waals surface area contributed by atoms with Crippen molar-refractivity contribution in [3.8, 4) is 22.8 Å². The average Bonchev–Trinajstić information content (AvgIpc) is 3.10. The standard InChI is InChI=1S/C18H14N2O3S/c21-17(16-10-22-14-8-4-5-9-15(14)23-16)20-18-19-13(11-24-18)12-6-2-1-3-7-12/h1-9,11,16H,10H2,(H,19,20,21)/t16-/m0/s1. The maximum Gasteiger partial charge on any atom is 0.270 e. The zero-order valence-corrected chi connectivity index (χ0v) is 13.5. The van der Waals surface area contributed by atoms with E-state index in [9.17, 15) is 4.79 Å². The van der Waals surface area contributed by atoms with Crippen molar-refractivity contribution in [2.75, 3.05) is 11.9 Å². The summed E-state index contributed by atoms with van der Waals surface area (Å²) in [5.41, 5.74) is 1.85. The first kappa shape index (κ1) is 14.7. The zero-order valence-electron chi connectivity index (χ0n) is 12.6. The van der Waals surface area contributed by atoms with Gasteiger partial charge in [-0.1, -0.05) is 42.5 Å². The SMILES string of the molecule is O=C(Nc1nc(-c2ccccc2)cs1)[C@@H]1COc2ccccc2O1. The maximum atomic E-state index is 12.4. The van der Waals surface area contributed by atoms with Crippen molar-refractivity contribution in [1.29, 1.82) is 0 Å². The number of para-hydroxylation sites is 2. The van der Waals surface area contributed by atoms with Crippen molar-refractivity contribution in [2.45, 2.75) is 6.10 Å². The van der Waals surface area contributed by atoms with Gasteiger partial charge in [-0.25, -0.2) is 4.98 Å². The molecular formula is C18H14N2O3S. The van der Waals surface area contributed by atoms with Gasteiger partial charge in [-0.3, -0.25) is 10.1 Å². The number of hydrogen-bond acceptors (Lipinski definition) is 5. The number of amides is 1. The highest BCUT2D eigenvalue weighted by atomic mass is 32.1. The summed E-state index contributed by atoms with van der Waals surface area (Å²) in [6.45, 7) is 0.180. The fourth-order valence-corrected chi connectivity index (χ4v) is 3.13. The smallest absolute Gasteiger partial charge is 0.270 e. The molecule has 120 valence electrons. The van der Waals surface area contributed by atoms with E-state index in [1.807, 2.05) is 53.9 Å². The molecule has 0 bridgehead atoms. The third kappa shape index (κ3) is 2.96. The molecule has 6 heteroatoms. The van der Waals surface area contributed by atoms with E-state index in [0.29, 0.717) is 16.6 Å². The molecule has 1 aliphatic rings. The molecular weight excluding hydrogens is 324 g/mol. The molecule has 0 aliphatic carbocycles. The van der Waals surface area contributed by atoms with Crippen molar-refractivity contribution < 1.29 is 14.3 Å². The lowest BCUT2D eigenvalue weighted by Gasteiger charge is -2.25. The number of carbonyl (C=O) groups excluding carboxylic acids is 1. The van der Waals surface area contributed by atoms with Gasteiger partial charge in [0.2, 0.25) is 6.10 Å². The first-order valence-electron chi connectivity index (χ1n) is 7.50. The van der Waals surface area contributed by atoms with Crippen molar-refractivity contribution >= 4 is 22.4 Å². The Hall–Kier alpha value is -2.86. The van der Waals surface area contributed by atoms with Crippen molar-refractivity contribution in [2.24, 2.45) is 0 Å². The van der Waals surface area contributed by atoms with E-state index in [2.05, 4.69) is 10.3 Å². The Bertz CT molecular complexity index is 863. The Labute approximate surface area is 142 Å². The van der Waals surface area contributed by atoms with Crippen LogP contribution in [0.1, 0.15) is 0 Å². The molecule has 1 N–H and O–H groups in total. The van der Waals surface area contributed by atoms with Crippen LogP contribution in [-0.2, 0) is 4.79 Å². The summed E-state index contributed by atoms with van der Waals surface area (Å²) < 4.78 is 11.3. The van der Waals surface area contributed by atoms with Crippen LogP contribution in [0, 0.1) is 0 Å². The number of ether oxygens (including phenoxy) is 2. The summed E-state index contributed by atoms with van der Waals surface area (Å²) in [6, 6.07) is 17.1. The van der Waals surface area contributed by atoms with E-state index >= 15 is 0 Å². The maximum absolute atomic E-state index is 12.4. The van der Waals surface area contributed by atoms with Gasteiger partial charge in [0.15, 0.2) is 16.6 Å². The van der Waals surface area contributed by atoms with Gasteiger partial charge in [-0.2, -0.15) is 0 Å². The number of nitrogens with one attached hydrogen (secondary N) is 1. The molecule has 0 saturated carbocycles. The zero-order chi connectivity index (χ0) is 16.4. The molecule has 0 radical (unpaired) electrons. The quantitative estimate of drug-likeness (QED) is 0.793. The van der Waals surface area contributed by atoms with E-state index in [1.165, 1.54) is 11.3 Å². The molecule has 4 rings (SSSR count). The predicted octanol–water partition coefficient (Wildman–Crippen LogP) is 3.59. The fraction of sp³-hybridized carbons (Fsp3) is 0.111. The summed E-state index contributed by atoms with van der Waals surface area (Å²) >= 11 is 1.38. The van der Waals surface area contributed by atoms with Crippen molar-refractivity contribution in [3.63, 3.8) is 0 Å². The van der Waals surface area contributed by atoms with E-state index in [1.54, 1.807) is 6.07 Å². The van der Waals surface area contributed by atoms with Crippen LogP contribution in [0.2, 0.25) is 0 Å². The van der Waals surface area contributed by atoms with Gasteiger partial charge in [0.05, 0.1) is 5.69 Å². The number of aromatic nitrogens is 1. The van der Waals surface area contributed by atoms with Gasteiger partial charge in [-0.15, -0.1) is 11.3 Å². The highest BCUT2D eigenvalue weighted by Crippen LogP contribution is 2.31. The lowest BCUT2D eigenvalue weighted by Crippen LogP contribution is -2.40. The van der Waals surface area contributed by atoms with E-state index < -0.39 is 6.10 Å². The van der Waals surface area contributed by atoms with E-state index in [4.69, 9.17) is 9.47 Å². The van der Waals surface area contributed by atoms with Gasteiger partial charge < -0.3 is 9.47 Å². The first-order chi connectivity index (χ1) is 11.8. The number of thiazole rings is 1. The van der Waals surface area contributed by atoms with E-state index in [0.717, 1.165) is 11.3 Å². The molecule has 24 heavy (non-hydrogen) atoms. The molecule has 1 aromatic heterocycles. The second-order valence-electron chi connectivity index (χ2n) is 5.26. The molecule has 1 amide bonds. The van der Waals surface area contributed by atoms with Gasteiger partial charge in [0.1, 0.15) is 6.61 Å². The van der Waals surface area contributed by atoms with Crippen LogP contribution in [0.4, 0.5) is 5.13 Å². The number of benzene rings is 2. The van der Waals surface area contributed by atoms with Gasteiger partial charge in [0.25, 0.3) is 5.91 Å². The monoisotopic (exact) mass is 338 g/mol. The molecule has 2 aromatic carbocycles. The van der Waals surface area contributed by atoms with Crippen molar-refractivity contribution in [1.82, 2.24) is 4.98 Å². The first-order valence-corrected chi connectivity index (χ1v) is 8.38. The Morgan fingerprint density at radius 3 is 2.67 bits per heavy atom. The highest BCUT2D eigenvalue weighted by Gasteiger charge is 2.27. The minimum absolute atomic E-state index is 0.180. The van der Waals surface area contributed by atoms with Crippen LogP contribution in [0.15, 0.2) is 60.0 Å². The van der Waals surface area contributed by atoms with Crippen LogP contribution in [-0.4, -0.2) is 23.6 Å². The number of carbonyl (C=O) groups is 1. The second kappa shape index (κ2) is 6.33. The molecule has 0 saturated heterocycles. The van der Waals surface area contributed by atoms with E-state index in [-0.39, 0.29) is 12.5 Å². The molecule has 3 aromatic rings. The summed E-state index contributed by atoms with van der Waals surface area (Å²) in [5, 5.41) is 5.25. The fourth-order valence-electron chi connectivity index (χ4n) is 2.41. The highest BCUT2D eigenvalue weighted by molar-refractivity contribution is 7.14. The minimum atomic E-state index is -0.691. The number of fused-ring (bicyclic) bond motifs is 1. The molecule has 1 aliphatic heterocycles. The Morgan fingerprint density at radius 1 is 1.08 bits per heavy atom. The molecule has 2 heterocycles. The molecule has 0 unspecified atom stereocenters. The third-order valence-corrected chi connectivity index (χ3v) is 4.36. The van der Waals surface area contributed by atoms with Gasteiger partial charge in [-0.05, 0) is 12.1 Å². The van der Waals surface area contributed by atoms with Crippen LogP contribution in [0.5, 0.6) is 11.5 Å². The molecule has 0 fully saturated rings. The van der Waals surface area contributed by atoms with Gasteiger partial charge >= 0.3 is 0 Å². The number of anilines is 1. The minimum Gasteiger partial charge on any atom is -0.485 e.